The lowest BCUT2D eigenvalue weighted by atomic mass is 10.0. The molecule has 0 bridgehead atoms. The number of hydrogen-bond donors (Lipinski definition) is 0. The van der Waals surface area contributed by atoms with Crippen molar-refractivity contribution in [2.24, 2.45) is 5.92 Å². The van der Waals surface area contributed by atoms with Crippen molar-refractivity contribution >= 4 is 0 Å². The summed E-state index contributed by atoms with van der Waals surface area (Å²) in [5, 5.41) is 0. The van der Waals surface area contributed by atoms with Gasteiger partial charge in [-0.2, -0.15) is 0 Å². The van der Waals surface area contributed by atoms with Gasteiger partial charge in [0.05, 0.1) is 19.8 Å². The average molecular weight is 358 g/mol. The zero-order chi connectivity index (χ0) is 18.4. The van der Waals surface area contributed by atoms with E-state index in [1.54, 1.807) is 19.2 Å². The molecule has 1 fully saturated rings. The number of hydrogen-bond acceptors (Lipinski definition) is 3. The minimum atomic E-state index is -0.303. The van der Waals surface area contributed by atoms with Gasteiger partial charge in [-0.1, -0.05) is 56.2 Å². The van der Waals surface area contributed by atoms with Crippen LogP contribution in [0, 0.1) is 11.7 Å². The largest absolute Gasteiger partial charge is 0.380 e. The first-order valence-electron chi connectivity index (χ1n) is 9.32. The minimum absolute atomic E-state index is 0.245. The van der Waals surface area contributed by atoms with Crippen molar-refractivity contribution in [2.45, 2.75) is 39.1 Å². The van der Waals surface area contributed by atoms with E-state index in [1.165, 1.54) is 12.8 Å². The van der Waals surface area contributed by atoms with Crippen LogP contribution in [0.25, 0.3) is 11.1 Å². The Morgan fingerprint density at radius 2 is 1.73 bits per heavy atom. The third-order valence-electron chi connectivity index (χ3n) is 4.80. The van der Waals surface area contributed by atoms with Crippen molar-refractivity contribution in [2.75, 3.05) is 20.3 Å². The van der Waals surface area contributed by atoms with Gasteiger partial charge in [0, 0.05) is 24.2 Å². The van der Waals surface area contributed by atoms with Crippen LogP contribution in [0.1, 0.15) is 43.6 Å². The molecule has 1 aliphatic rings. The molecule has 0 radical (unpaired) electrons. The molecule has 0 spiro atoms. The summed E-state index contributed by atoms with van der Waals surface area (Å²) in [5.74, 6) is 0.254. The lowest BCUT2D eigenvalue weighted by Crippen LogP contribution is -2.27. The molecule has 0 unspecified atom stereocenters. The summed E-state index contributed by atoms with van der Waals surface area (Å²) in [6.07, 6.45) is 3.28. The van der Waals surface area contributed by atoms with Crippen LogP contribution in [0.3, 0.4) is 0 Å². The Hall–Kier alpha value is -1.75. The Morgan fingerprint density at radius 1 is 1.04 bits per heavy atom. The first-order chi connectivity index (χ1) is 12.7. The van der Waals surface area contributed by atoms with E-state index in [4.69, 9.17) is 14.2 Å². The van der Waals surface area contributed by atoms with E-state index in [-0.39, 0.29) is 18.7 Å². The molecule has 2 aromatic carbocycles. The number of benzene rings is 2. The molecule has 2 aromatic rings. The van der Waals surface area contributed by atoms with Gasteiger partial charge in [0.25, 0.3) is 0 Å². The maximum absolute atomic E-state index is 14.1. The molecule has 3 rings (SSSR count). The van der Waals surface area contributed by atoms with Crippen LogP contribution in [0.4, 0.5) is 4.39 Å². The molecule has 3 nitrogen and oxygen atoms in total. The summed E-state index contributed by atoms with van der Waals surface area (Å²) in [6, 6.07) is 13.2. The van der Waals surface area contributed by atoms with E-state index in [9.17, 15) is 4.39 Å². The SMILES string of the molecule is CCCCC1COC(c2ccc(-c3ccc(COC)c(F)c3)cc2)OC1. The van der Waals surface area contributed by atoms with E-state index in [1.807, 2.05) is 30.3 Å². The topological polar surface area (TPSA) is 27.7 Å². The van der Waals surface area contributed by atoms with Crippen molar-refractivity contribution in [3.8, 4) is 11.1 Å². The number of ether oxygens (including phenoxy) is 3. The highest BCUT2D eigenvalue weighted by molar-refractivity contribution is 5.64. The second-order valence-corrected chi connectivity index (χ2v) is 6.87. The van der Waals surface area contributed by atoms with Crippen LogP contribution in [-0.2, 0) is 20.8 Å². The zero-order valence-electron chi connectivity index (χ0n) is 15.5. The van der Waals surface area contributed by atoms with E-state index < -0.39 is 0 Å². The standard InChI is InChI=1S/C22H27FO3/c1-3-4-5-16-13-25-22(26-14-16)18-8-6-17(7-9-18)19-10-11-20(15-24-2)21(23)12-19/h6-12,16,22H,3-5,13-15H2,1-2H3. The number of halogens is 1. The lowest BCUT2D eigenvalue weighted by molar-refractivity contribution is -0.206. The first kappa shape index (κ1) is 19.0. The molecule has 1 aliphatic heterocycles. The van der Waals surface area contributed by atoms with E-state index in [0.29, 0.717) is 11.5 Å². The number of rotatable bonds is 7. The van der Waals surface area contributed by atoms with Crippen LogP contribution in [0.15, 0.2) is 42.5 Å². The number of methoxy groups -OCH3 is 1. The second-order valence-electron chi connectivity index (χ2n) is 6.87. The number of unbranched alkanes of at least 4 members (excludes halogenated alkanes) is 1. The third kappa shape index (κ3) is 4.70. The molecule has 0 amide bonds. The van der Waals surface area contributed by atoms with Gasteiger partial charge in [0.2, 0.25) is 0 Å². The van der Waals surface area contributed by atoms with Gasteiger partial charge >= 0.3 is 0 Å². The molecule has 0 saturated carbocycles. The first-order valence-corrected chi connectivity index (χ1v) is 9.32. The molecular formula is C22H27FO3. The molecule has 0 aromatic heterocycles. The Kier molecular flexibility index (Phi) is 6.78. The molecule has 4 heteroatoms. The van der Waals surface area contributed by atoms with Crippen molar-refractivity contribution in [1.82, 2.24) is 0 Å². The van der Waals surface area contributed by atoms with Gasteiger partial charge in [-0.15, -0.1) is 0 Å². The predicted octanol–water partition coefficient (Wildman–Crippen LogP) is 5.49. The summed E-state index contributed by atoms with van der Waals surface area (Å²) >= 11 is 0. The maximum atomic E-state index is 14.1. The van der Waals surface area contributed by atoms with Crippen molar-refractivity contribution in [3.63, 3.8) is 0 Å². The highest BCUT2D eigenvalue weighted by Crippen LogP contribution is 2.29. The van der Waals surface area contributed by atoms with Crippen LogP contribution in [0.2, 0.25) is 0 Å². The molecule has 0 N–H and O–H groups in total. The average Bonchev–Trinajstić information content (AvgIpc) is 2.69. The molecule has 0 atom stereocenters. The van der Waals surface area contributed by atoms with Gasteiger partial charge in [-0.3, -0.25) is 0 Å². The Bertz CT molecular complexity index is 691. The molecule has 1 heterocycles. The highest BCUT2D eigenvalue weighted by atomic mass is 19.1. The monoisotopic (exact) mass is 358 g/mol. The third-order valence-corrected chi connectivity index (χ3v) is 4.80. The summed E-state index contributed by atoms with van der Waals surface area (Å²) in [6.45, 7) is 3.98. The van der Waals surface area contributed by atoms with Gasteiger partial charge in [-0.25, -0.2) is 4.39 Å². The van der Waals surface area contributed by atoms with Gasteiger partial charge in [0.1, 0.15) is 5.82 Å². The molecular weight excluding hydrogens is 331 g/mol. The quantitative estimate of drug-likeness (QED) is 0.655. The maximum Gasteiger partial charge on any atom is 0.183 e. The Labute approximate surface area is 155 Å². The van der Waals surface area contributed by atoms with E-state index >= 15 is 0 Å². The van der Waals surface area contributed by atoms with E-state index in [0.717, 1.165) is 36.3 Å². The predicted molar refractivity (Wildman–Crippen MR) is 100 cm³/mol. The minimum Gasteiger partial charge on any atom is -0.380 e. The summed E-state index contributed by atoms with van der Waals surface area (Å²) in [5.41, 5.74) is 3.38. The van der Waals surface area contributed by atoms with Crippen LogP contribution < -0.4 is 0 Å². The van der Waals surface area contributed by atoms with E-state index in [2.05, 4.69) is 6.92 Å². The fourth-order valence-corrected chi connectivity index (χ4v) is 3.23. The molecule has 140 valence electrons. The Morgan fingerprint density at radius 3 is 2.35 bits per heavy atom. The van der Waals surface area contributed by atoms with Gasteiger partial charge in [0.15, 0.2) is 6.29 Å². The molecule has 26 heavy (non-hydrogen) atoms. The van der Waals surface area contributed by atoms with Crippen LogP contribution in [-0.4, -0.2) is 20.3 Å². The highest BCUT2D eigenvalue weighted by Gasteiger charge is 2.23. The van der Waals surface area contributed by atoms with Gasteiger partial charge in [-0.05, 0) is 23.6 Å². The summed E-state index contributed by atoms with van der Waals surface area (Å²) in [4.78, 5) is 0. The molecule has 0 aliphatic carbocycles. The van der Waals surface area contributed by atoms with Crippen molar-refractivity contribution < 1.29 is 18.6 Å². The smallest absolute Gasteiger partial charge is 0.183 e. The fraction of sp³-hybridized carbons (Fsp3) is 0.455. The van der Waals surface area contributed by atoms with Crippen molar-refractivity contribution in [1.29, 1.82) is 0 Å². The fourth-order valence-electron chi connectivity index (χ4n) is 3.23. The summed E-state index contributed by atoms with van der Waals surface area (Å²) in [7, 11) is 1.56. The Balaban J connectivity index is 1.63. The lowest BCUT2D eigenvalue weighted by Gasteiger charge is -2.29. The van der Waals surface area contributed by atoms with Crippen molar-refractivity contribution in [3.05, 3.63) is 59.4 Å². The molecule has 1 saturated heterocycles. The van der Waals surface area contributed by atoms with Crippen LogP contribution in [0.5, 0.6) is 0 Å². The second kappa shape index (κ2) is 9.26. The summed E-state index contributed by atoms with van der Waals surface area (Å²) < 4.78 is 30.9. The zero-order valence-corrected chi connectivity index (χ0v) is 15.5. The van der Waals surface area contributed by atoms with Crippen LogP contribution >= 0.6 is 0 Å². The normalized spacial score (nSPS) is 20.3. The van der Waals surface area contributed by atoms with Gasteiger partial charge < -0.3 is 14.2 Å².